The van der Waals surface area contributed by atoms with Crippen molar-refractivity contribution in [3.63, 3.8) is 0 Å². The lowest BCUT2D eigenvalue weighted by molar-refractivity contribution is -0.140. The zero-order valence-corrected chi connectivity index (χ0v) is 9.54. The quantitative estimate of drug-likeness (QED) is 0.397. The van der Waals surface area contributed by atoms with Gasteiger partial charge in [0.2, 0.25) is 0 Å². The van der Waals surface area contributed by atoms with E-state index in [0.717, 1.165) is 0 Å². The van der Waals surface area contributed by atoms with Gasteiger partial charge in [0.05, 0.1) is 0 Å². The predicted molar refractivity (Wildman–Crippen MR) is 57.1 cm³/mol. The number of carbonyl (C=O) groups excluding carboxylic acids is 1. The molecular weight excluding hydrogens is 248 g/mol. The number of carboxylic acids is 3. The number of hydrogen-bond donors (Lipinski definition) is 5. The largest absolute Gasteiger partial charge is 0.481 e. The van der Waals surface area contributed by atoms with Crippen molar-refractivity contribution in [1.29, 1.82) is 0 Å². The molecule has 0 spiro atoms. The Hall–Kier alpha value is -2.32. The van der Waals surface area contributed by atoms with Crippen LogP contribution < -0.4 is 10.6 Å². The van der Waals surface area contributed by atoms with Crippen molar-refractivity contribution in [2.75, 3.05) is 0 Å². The van der Waals surface area contributed by atoms with E-state index < -0.39 is 42.4 Å². The summed E-state index contributed by atoms with van der Waals surface area (Å²) < 4.78 is 0. The highest BCUT2D eigenvalue weighted by Crippen LogP contribution is 1.98. The van der Waals surface area contributed by atoms with Crippen LogP contribution in [0.15, 0.2) is 0 Å². The molecule has 2 unspecified atom stereocenters. The van der Waals surface area contributed by atoms with E-state index in [1.807, 2.05) is 10.6 Å². The van der Waals surface area contributed by atoms with Crippen molar-refractivity contribution in [1.82, 2.24) is 10.6 Å². The number of urea groups is 1. The van der Waals surface area contributed by atoms with Crippen LogP contribution >= 0.6 is 0 Å². The Bertz CT molecular complexity index is 355. The maximum atomic E-state index is 11.2. The summed E-state index contributed by atoms with van der Waals surface area (Å²) in [5.74, 6) is -3.86. The van der Waals surface area contributed by atoms with E-state index in [2.05, 4.69) is 0 Å². The molecule has 0 bridgehead atoms. The van der Waals surface area contributed by atoms with Gasteiger partial charge >= 0.3 is 23.9 Å². The SMILES string of the molecule is CC(NC(=O)NC(CCC(=O)O)C(=O)O)C(=O)O. The molecule has 2 atom stereocenters. The molecule has 9 heteroatoms. The van der Waals surface area contributed by atoms with Crippen LogP contribution in [0.3, 0.4) is 0 Å². The van der Waals surface area contributed by atoms with Crippen LogP contribution in [0.1, 0.15) is 19.8 Å². The number of carboxylic acid groups (broad SMARTS) is 3. The normalized spacial score (nSPS) is 13.2. The van der Waals surface area contributed by atoms with E-state index in [-0.39, 0.29) is 6.42 Å². The van der Waals surface area contributed by atoms with Crippen molar-refractivity contribution in [2.45, 2.75) is 31.8 Å². The summed E-state index contributed by atoms with van der Waals surface area (Å²) >= 11 is 0. The average molecular weight is 262 g/mol. The molecule has 0 radical (unpaired) electrons. The first kappa shape index (κ1) is 15.7. The van der Waals surface area contributed by atoms with Crippen LogP contribution in [-0.2, 0) is 14.4 Å². The van der Waals surface area contributed by atoms with E-state index in [4.69, 9.17) is 15.3 Å². The minimum atomic E-state index is -1.39. The summed E-state index contributed by atoms with van der Waals surface area (Å²) in [5, 5.41) is 29.6. The highest BCUT2D eigenvalue weighted by atomic mass is 16.4. The molecule has 0 heterocycles. The lowest BCUT2D eigenvalue weighted by atomic mass is 10.1. The summed E-state index contributed by atoms with van der Waals surface area (Å²) in [6, 6.07) is -3.55. The van der Waals surface area contributed by atoms with Gasteiger partial charge in [-0.05, 0) is 13.3 Å². The number of amides is 2. The fourth-order valence-electron chi connectivity index (χ4n) is 0.983. The molecule has 18 heavy (non-hydrogen) atoms. The maximum Gasteiger partial charge on any atom is 0.326 e. The van der Waals surface area contributed by atoms with Gasteiger partial charge in [0.15, 0.2) is 0 Å². The summed E-state index contributed by atoms with van der Waals surface area (Å²) in [5.41, 5.74) is 0. The van der Waals surface area contributed by atoms with Crippen LogP contribution in [-0.4, -0.2) is 51.3 Å². The summed E-state index contributed by atoms with van der Waals surface area (Å²) in [7, 11) is 0. The van der Waals surface area contributed by atoms with Crippen molar-refractivity contribution in [3.05, 3.63) is 0 Å². The Morgan fingerprint density at radius 3 is 1.94 bits per heavy atom. The first-order valence-electron chi connectivity index (χ1n) is 4.98. The van der Waals surface area contributed by atoms with Crippen LogP contribution in [0.25, 0.3) is 0 Å². The topological polar surface area (TPSA) is 153 Å². The number of hydrogen-bond acceptors (Lipinski definition) is 4. The van der Waals surface area contributed by atoms with E-state index in [1.165, 1.54) is 6.92 Å². The molecule has 0 rings (SSSR count). The van der Waals surface area contributed by atoms with Crippen molar-refractivity contribution in [2.24, 2.45) is 0 Å². The fraction of sp³-hybridized carbons (Fsp3) is 0.556. The predicted octanol–water partition coefficient (Wildman–Crippen LogP) is -0.923. The molecule has 9 nitrogen and oxygen atoms in total. The minimum absolute atomic E-state index is 0.292. The third-order valence-electron chi connectivity index (χ3n) is 1.97. The van der Waals surface area contributed by atoms with Gasteiger partial charge in [-0.25, -0.2) is 9.59 Å². The van der Waals surface area contributed by atoms with Gasteiger partial charge in [-0.2, -0.15) is 0 Å². The minimum Gasteiger partial charge on any atom is -0.481 e. The average Bonchev–Trinajstić information content (AvgIpc) is 2.23. The van der Waals surface area contributed by atoms with Gasteiger partial charge in [-0.15, -0.1) is 0 Å². The van der Waals surface area contributed by atoms with Gasteiger partial charge in [0.25, 0.3) is 0 Å². The zero-order chi connectivity index (χ0) is 14.3. The van der Waals surface area contributed by atoms with Crippen LogP contribution in [0.2, 0.25) is 0 Å². The second kappa shape index (κ2) is 7.09. The Morgan fingerprint density at radius 1 is 1.00 bits per heavy atom. The zero-order valence-electron chi connectivity index (χ0n) is 9.54. The van der Waals surface area contributed by atoms with Crippen molar-refractivity contribution >= 4 is 23.9 Å². The first-order chi connectivity index (χ1) is 8.23. The molecule has 0 aliphatic rings. The van der Waals surface area contributed by atoms with Crippen LogP contribution in [0.4, 0.5) is 4.79 Å². The Labute approximate surface area is 102 Å². The molecule has 2 amide bonds. The van der Waals surface area contributed by atoms with Crippen LogP contribution in [0.5, 0.6) is 0 Å². The number of rotatable bonds is 7. The molecule has 0 aromatic carbocycles. The second-order valence-electron chi connectivity index (χ2n) is 3.50. The van der Waals surface area contributed by atoms with Gasteiger partial charge in [-0.1, -0.05) is 0 Å². The fourth-order valence-corrected chi connectivity index (χ4v) is 0.983. The monoisotopic (exact) mass is 262 g/mol. The molecule has 102 valence electrons. The van der Waals surface area contributed by atoms with Crippen molar-refractivity contribution in [3.8, 4) is 0 Å². The number of aliphatic carboxylic acids is 3. The number of nitrogens with one attached hydrogen (secondary N) is 2. The van der Waals surface area contributed by atoms with Gasteiger partial charge in [0, 0.05) is 6.42 Å². The molecule has 0 aromatic heterocycles. The Balaban J connectivity index is 4.32. The van der Waals surface area contributed by atoms with Gasteiger partial charge in [-0.3, -0.25) is 9.59 Å². The summed E-state index contributed by atoms with van der Waals surface area (Å²) in [4.78, 5) is 42.6. The number of carbonyl (C=O) groups is 4. The second-order valence-corrected chi connectivity index (χ2v) is 3.50. The molecule has 0 fully saturated rings. The third kappa shape index (κ3) is 6.30. The third-order valence-corrected chi connectivity index (χ3v) is 1.97. The van der Waals surface area contributed by atoms with E-state index in [1.54, 1.807) is 0 Å². The molecular formula is C9H14N2O7. The molecule has 0 aliphatic carbocycles. The lowest BCUT2D eigenvalue weighted by Gasteiger charge is -2.15. The van der Waals surface area contributed by atoms with Gasteiger partial charge < -0.3 is 26.0 Å². The van der Waals surface area contributed by atoms with E-state index in [9.17, 15) is 19.2 Å². The standard InChI is InChI=1S/C9H14N2O7/c1-4(7(14)15)10-9(18)11-5(8(16)17)2-3-6(12)13/h4-5H,2-3H2,1H3,(H,12,13)(H,14,15)(H,16,17)(H2,10,11,18). The van der Waals surface area contributed by atoms with Crippen LogP contribution in [0, 0.1) is 0 Å². The Morgan fingerprint density at radius 2 is 1.56 bits per heavy atom. The maximum absolute atomic E-state index is 11.2. The highest BCUT2D eigenvalue weighted by molar-refractivity contribution is 5.86. The molecule has 0 aromatic rings. The van der Waals surface area contributed by atoms with E-state index in [0.29, 0.717) is 0 Å². The smallest absolute Gasteiger partial charge is 0.326 e. The Kier molecular flexibility index (Phi) is 6.18. The highest BCUT2D eigenvalue weighted by Gasteiger charge is 2.22. The molecule has 0 aliphatic heterocycles. The van der Waals surface area contributed by atoms with Gasteiger partial charge in [0.1, 0.15) is 12.1 Å². The lowest BCUT2D eigenvalue weighted by Crippen LogP contribution is -2.50. The summed E-state index contributed by atoms with van der Waals surface area (Å²) in [6.45, 7) is 1.20. The summed E-state index contributed by atoms with van der Waals surface area (Å²) in [6.07, 6.45) is -0.717. The van der Waals surface area contributed by atoms with E-state index >= 15 is 0 Å². The van der Waals surface area contributed by atoms with Crippen molar-refractivity contribution < 1.29 is 34.5 Å². The first-order valence-corrected chi connectivity index (χ1v) is 4.98. The molecule has 0 saturated carbocycles. The molecule has 0 saturated heterocycles. The molecule has 5 N–H and O–H groups in total.